The van der Waals surface area contributed by atoms with Crippen molar-refractivity contribution < 1.29 is 4.74 Å². The van der Waals surface area contributed by atoms with Crippen molar-refractivity contribution in [1.82, 2.24) is 10.2 Å². The van der Waals surface area contributed by atoms with Crippen LogP contribution in [0, 0.1) is 19.8 Å². The van der Waals surface area contributed by atoms with Crippen molar-refractivity contribution in [3.63, 3.8) is 0 Å². The lowest BCUT2D eigenvalue weighted by atomic mass is 9.95. The molecule has 2 aliphatic rings. The van der Waals surface area contributed by atoms with Crippen LogP contribution >= 0.6 is 0 Å². The summed E-state index contributed by atoms with van der Waals surface area (Å²) in [7, 11) is 0. The van der Waals surface area contributed by atoms with Crippen LogP contribution in [0.3, 0.4) is 0 Å². The molecule has 0 spiro atoms. The van der Waals surface area contributed by atoms with Crippen LogP contribution < -0.4 is 10.1 Å². The topological polar surface area (TPSA) is 24.5 Å². The quantitative estimate of drug-likeness (QED) is 0.843. The second-order valence-corrected chi connectivity index (χ2v) is 7.83. The summed E-state index contributed by atoms with van der Waals surface area (Å²) in [4.78, 5) is 2.69. The SMILES string of the molecule is Cc1cc([C@@H](C2CC2)N2CCNCC2)cc(C)c1OCc1ccccc1. The molecular formula is C23H30N2O. The highest BCUT2D eigenvalue weighted by Crippen LogP contribution is 2.45. The number of hydrogen-bond donors (Lipinski definition) is 1. The highest BCUT2D eigenvalue weighted by atomic mass is 16.5. The van der Waals surface area contributed by atoms with Gasteiger partial charge >= 0.3 is 0 Å². The van der Waals surface area contributed by atoms with Gasteiger partial charge in [0, 0.05) is 32.2 Å². The molecule has 2 aromatic carbocycles. The molecule has 1 saturated heterocycles. The maximum atomic E-state index is 6.19. The van der Waals surface area contributed by atoms with Crippen molar-refractivity contribution in [2.75, 3.05) is 26.2 Å². The maximum absolute atomic E-state index is 6.19. The lowest BCUT2D eigenvalue weighted by Gasteiger charge is -2.36. The van der Waals surface area contributed by atoms with Crippen LogP contribution in [0.25, 0.3) is 0 Å². The van der Waals surface area contributed by atoms with Gasteiger partial charge in [-0.15, -0.1) is 0 Å². The molecular weight excluding hydrogens is 320 g/mol. The summed E-state index contributed by atoms with van der Waals surface area (Å²) in [6.07, 6.45) is 2.75. The van der Waals surface area contributed by atoms with Crippen molar-refractivity contribution in [2.24, 2.45) is 5.92 Å². The van der Waals surface area contributed by atoms with E-state index < -0.39 is 0 Å². The number of benzene rings is 2. The molecule has 1 N–H and O–H groups in total. The van der Waals surface area contributed by atoms with Gasteiger partial charge in [-0.25, -0.2) is 0 Å². The van der Waals surface area contributed by atoms with E-state index in [2.05, 4.69) is 60.5 Å². The Morgan fingerprint density at radius 3 is 2.31 bits per heavy atom. The highest BCUT2D eigenvalue weighted by Gasteiger charge is 2.37. The van der Waals surface area contributed by atoms with Crippen molar-refractivity contribution in [1.29, 1.82) is 0 Å². The Bertz CT molecular complexity index is 710. The molecule has 1 heterocycles. The largest absolute Gasteiger partial charge is 0.488 e. The average molecular weight is 351 g/mol. The highest BCUT2D eigenvalue weighted by molar-refractivity contribution is 5.45. The summed E-state index contributed by atoms with van der Waals surface area (Å²) in [5.41, 5.74) is 5.22. The fourth-order valence-electron chi connectivity index (χ4n) is 4.27. The number of nitrogens with zero attached hydrogens (tertiary/aromatic N) is 1. The molecule has 1 aliphatic heterocycles. The Balaban J connectivity index is 1.54. The molecule has 0 radical (unpaired) electrons. The zero-order valence-electron chi connectivity index (χ0n) is 16.0. The van der Waals surface area contributed by atoms with E-state index in [1.54, 1.807) is 0 Å². The number of hydrogen-bond acceptors (Lipinski definition) is 3. The molecule has 1 saturated carbocycles. The van der Waals surface area contributed by atoms with Gasteiger partial charge < -0.3 is 10.1 Å². The molecule has 4 rings (SSSR count). The lowest BCUT2D eigenvalue weighted by Crippen LogP contribution is -2.45. The minimum Gasteiger partial charge on any atom is -0.488 e. The summed E-state index contributed by atoms with van der Waals surface area (Å²) in [6, 6.07) is 15.7. The fraction of sp³-hybridized carbons (Fsp3) is 0.478. The summed E-state index contributed by atoms with van der Waals surface area (Å²) >= 11 is 0. The van der Waals surface area contributed by atoms with Crippen molar-refractivity contribution in [2.45, 2.75) is 39.3 Å². The van der Waals surface area contributed by atoms with E-state index in [0.29, 0.717) is 12.6 Å². The van der Waals surface area contributed by atoms with Gasteiger partial charge in [0.2, 0.25) is 0 Å². The molecule has 0 bridgehead atoms. The monoisotopic (exact) mass is 350 g/mol. The van der Waals surface area contributed by atoms with Crippen LogP contribution in [0.4, 0.5) is 0 Å². The van der Waals surface area contributed by atoms with Crippen LogP contribution in [-0.2, 0) is 6.61 Å². The second kappa shape index (κ2) is 7.81. The van der Waals surface area contributed by atoms with Crippen LogP contribution in [0.2, 0.25) is 0 Å². The lowest BCUT2D eigenvalue weighted by molar-refractivity contribution is 0.156. The minimum absolute atomic E-state index is 0.581. The first-order valence-electron chi connectivity index (χ1n) is 9.95. The molecule has 0 aromatic heterocycles. The van der Waals surface area contributed by atoms with Gasteiger partial charge in [-0.05, 0) is 54.9 Å². The predicted molar refractivity (Wildman–Crippen MR) is 107 cm³/mol. The van der Waals surface area contributed by atoms with Gasteiger partial charge in [0.15, 0.2) is 0 Å². The molecule has 0 unspecified atom stereocenters. The number of rotatable bonds is 6. The summed E-state index contributed by atoms with van der Waals surface area (Å²) in [5, 5.41) is 3.48. The third kappa shape index (κ3) is 3.94. The molecule has 2 fully saturated rings. The Hall–Kier alpha value is -1.84. The van der Waals surface area contributed by atoms with E-state index in [-0.39, 0.29) is 0 Å². The fourth-order valence-corrected chi connectivity index (χ4v) is 4.27. The maximum Gasteiger partial charge on any atom is 0.125 e. The zero-order chi connectivity index (χ0) is 17.9. The van der Waals surface area contributed by atoms with Crippen molar-refractivity contribution in [3.05, 3.63) is 64.7 Å². The van der Waals surface area contributed by atoms with E-state index in [4.69, 9.17) is 4.74 Å². The standard InChI is InChI=1S/C23H30N2O/c1-17-14-21(22(20-8-9-20)25-12-10-24-11-13-25)15-18(2)23(17)26-16-19-6-4-3-5-7-19/h3-7,14-15,20,22,24H,8-13,16H2,1-2H3/t22-/m1/s1. The molecule has 3 nitrogen and oxygen atoms in total. The van der Waals surface area contributed by atoms with E-state index in [0.717, 1.165) is 37.8 Å². The summed E-state index contributed by atoms with van der Waals surface area (Å²) < 4.78 is 6.19. The third-order valence-electron chi connectivity index (χ3n) is 5.66. The Morgan fingerprint density at radius 2 is 1.69 bits per heavy atom. The molecule has 0 amide bonds. The normalized spacial score (nSPS) is 19.3. The third-order valence-corrected chi connectivity index (χ3v) is 5.66. The van der Waals surface area contributed by atoms with E-state index in [1.807, 2.05) is 6.07 Å². The Labute approximate surface area is 157 Å². The number of nitrogens with one attached hydrogen (secondary N) is 1. The van der Waals surface area contributed by atoms with Crippen molar-refractivity contribution >= 4 is 0 Å². The number of ether oxygens (including phenoxy) is 1. The average Bonchev–Trinajstić information content (AvgIpc) is 3.48. The molecule has 138 valence electrons. The van der Waals surface area contributed by atoms with E-state index >= 15 is 0 Å². The number of piperazine rings is 1. The van der Waals surface area contributed by atoms with Gasteiger partial charge in [0.05, 0.1) is 0 Å². The second-order valence-electron chi connectivity index (χ2n) is 7.83. The Morgan fingerprint density at radius 1 is 1.04 bits per heavy atom. The van der Waals surface area contributed by atoms with Gasteiger partial charge in [-0.3, -0.25) is 4.90 Å². The van der Waals surface area contributed by atoms with Gasteiger partial charge in [0.25, 0.3) is 0 Å². The Kier molecular flexibility index (Phi) is 5.28. The van der Waals surface area contributed by atoms with Crippen LogP contribution in [-0.4, -0.2) is 31.1 Å². The summed E-state index contributed by atoms with van der Waals surface area (Å²) in [5.74, 6) is 1.88. The zero-order valence-corrected chi connectivity index (χ0v) is 16.0. The molecule has 26 heavy (non-hydrogen) atoms. The molecule has 1 aliphatic carbocycles. The first-order valence-corrected chi connectivity index (χ1v) is 9.95. The van der Waals surface area contributed by atoms with Crippen LogP contribution in [0.15, 0.2) is 42.5 Å². The predicted octanol–water partition coefficient (Wildman–Crippen LogP) is 4.24. The molecule has 3 heteroatoms. The van der Waals surface area contributed by atoms with E-state index in [1.165, 1.54) is 35.1 Å². The van der Waals surface area contributed by atoms with Gasteiger partial charge in [-0.2, -0.15) is 0 Å². The first kappa shape index (κ1) is 17.6. The van der Waals surface area contributed by atoms with Crippen LogP contribution in [0.1, 0.15) is 41.1 Å². The van der Waals surface area contributed by atoms with Crippen LogP contribution in [0.5, 0.6) is 5.75 Å². The molecule has 1 atom stereocenters. The van der Waals surface area contributed by atoms with Crippen molar-refractivity contribution in [3.8, 4) is 5.75 Å². The van der Waals surface area contributed by atoms with E-state index in [9.17, 15) is 0 Å². The first-order chi connectivity index (χ1) is 12.7. The van der Waals surface area contributed by atoms with Gasteiger partial charge in [-0.1, -0.05) is 42.5 Å². The van der Waals surface area contributed by atoms with Gasteiger partial charge in [0.1, 0.15) is 12.4 Å². The smallest absolute Gasteiger partial charge is 0.125 e. The summed E-state index contributed by atoms with van der Waals surface area (Å²) in [6.45, 7) is 9.55. The minimum atomic E-state index is 0.581. The molecule has 2 aromatic rings. The number of aryl methyl sites for hydroxylation is 2.